The van der Waals surface area contributed by atoms with Gasteiger partial charge in [-0.2, -0.15) is 0 Å². The van der Waals surface area contributed by atoms with Gasteiger partial charge in [0, 0.05) is 65.9 Å². The van der Waals surface area contributed by atoms with E-state index >= 15 is 0 Å². The van der Waals surface area contributed by atoms with Crippen molar-refractivity contribution < 1.29 is 0 Å². The summed E-state index contributed by atoms with van der Waals surface area (Å²) in [5.74, 6) is 0. The quantitative estimate of drug-likeness (QED) is 0.0373. The summed E-state index contributed by atoms with van der Waals surface area (Å²) >= 11 is 0. The molecule has 8 bridgehead atoms. The minimum absolute atomic E-state index is 1.13. The predicted molar refractivity (Wildman–Crippen MR) is 646 cm³/mol. The van der Waals surface area contributed by atoms with E-state index in [-0.39, 0.29) is 0 Å². The normalized spacial score (nSPS) is 12.1. The first-order valence-corrected chi connectivity index (χ1v) is 65.3. The number of benzene rings is 4. The zero-order valence-electron chi connectivity index (χ0n) is 96.7. The Morgan fingerprint density at radius 2 is 0.229 bits per heavy atom. The monoisotopic (exact) mass is 1970 g/mol. The van der Waals surface area contributed by atoms with Gasteiger partial charge in [-0.25, -0.2) is 9.97 Å². The first kappa shape index (κ1) is 122. The largest absolute Gasteiger partial charge is 0.354 e. The van der Waals surface area contributed by atoms with E-state index in [0.29, 0.717) is 0 Å². The molecule has 0 spiro atoms. The molecule has 0 radical (unpaired) electrons. The highest BCUT2D eigenvalue weighted by Gasteiger charge is 2.26. The number of nitrogens with one attached hydrogen (secondary N) is 2. The molecule has 2 aliphatic heterocycles. The van der Waals surface area contributed by atoms with E-state index in [4.69, 9.17) is 9.97 Å². The molecule has 0 atom stereocenters. The number of aromatic nitrogens is 4. The first-order chi connectivity index (χ1) is 71.3. The summed E-state index contributed by atoms with van der Waals surface area (Å²) in [5, 5.41) is 5.46. The van der Waals surface area contributed by atoms with Gasteiger partial charge in [-0.05, 0) is 220 Å². The van der Waals surface area contributed by atoms with Crippen molar-refractivity contribution >= 4 is 43.6 Å². The molecule has 4 heteroatoms. The second-order valence-electron chi connectivity index (χ2n) is 47.2. The van der Waals surface area contributed by atoms with Gasteiger partial charge < -0.3 is 9.97 Å². The fourth-order valence-electron chi connectivity index (χ4n) is 24.7. The van der Waals surface area contributed by atoms with Crippen LogP contribution in [0.1, 0.15) is 665 Å². The molecule has 4 aromatic carbocycles. The summed E-state index contributed by atoms with van der Waals surface area (Å²) in [4.78, 5) is 21.2. The van der Waals surface area contributed by atoms with E-state index in [1.807, 2.05) is 0 Å². The third kappa shape index (κ3) is 48.9. The van der Waals surface area contributed by atoms with Crippen LogP contribution < -0.4 is 0 Å². The summed E-state index contributed by atoms with van der Waals surface area (Å²) in [6.45, 7) is 18.8. The van der Waals surface area contributed by atoms with Crippen molar-refractivity contribution in [3.63, 3.8) is 0 Å². The van der Waals surface area contributed by atoms with Crippen LogP contribution in [0.3, 0.4) is 0 Å². The van der Waals surface area contributed by atoms with Gasteiger partial charge in [-0.15, -0.1) is 0 Å². The number of rotatable bonds is 96. The number of aromatic amines is 2. The maximum absolute atomic E-state index is 6.20. The van der Waals surface area contributed by atoms with Crippen molar-refractivity contribution in [1.29, 1.82) is 0 Å². The van der Waals surface area contributed by atoms with Gasteiger partial charge in [-0.1, -0.05) is 569 Å². The van der Waals surface area contributed by atoms with Crippen LogP contribution in [0.15, 0.2) is 72.8 Å². The van der Waals surface area contributed by atoms with Gasteiger partial charge >= 0.3 is 0 Å². The maximum atomic E-state index is 6.20. The zero-order chi connectivity index (χ0) is 101. The Balaban J connectivity index is 1.25. The van der Waals surface area contributed by atoms with Crippen LogP contribution in [-0.2, 0) is 51.4 Å². The van der Waals surface area contributed by atoms with Gasteiger partial charge in [0.05, 0.1) is 22.8 Å². The molecule has 0 amide bonds. The lowest BCUT2D eigenvalue weighted by Crippen LogP contribution is -1.98. The molecule has 0 saturated heterocycles. The number of nitrogens with zero attached hydrogens (tertiary/aromatic N) is 2. The molecule has 7 aromatic rings. The van der Waals surface area contributed by atoms with E-state index in [9.17, 15) is 0 Å². The molecule has 5 heterocycles. The molecule has 2 N–H and O–H groups in total. The molecule has 0 aliphatic carbocycles. The first-order valence-electron chi connectivity index (χ1n) is 65.3. The van der Waals surface area contributed by atoms with Crippen LogP contribution in [0.4, 0.5) is 0 Å². The average Bonchev–Trinajstić information content (AvgIpc) is 1.59. The highest BCUT2D eigenvalue weighted by molar-refractivity contribution is 6.11. The van der Waals surface area contributed by atoms with Gasteiger partial charge in [0.25, 0.3) is 0 Å². The van der Waals surface area contributed by atoms with Crippen molar-refractivity contribution in [2.75, 3.05) is 0 Å². The van der Waals surface area contributed by atoms with Crippen LogP contribution in [-0.4, -0.2) is 19.9 Å². The number of aryl methyl sites for hydroxylation is 8. The fourth-order valence-corrected chi connectivity index (χ4v) is 24.7. The minimum atomic E-state index is 1.13. The number of hydrogen-bond donors (Lipinski definition) is 2. The minimum Gasteiger partial charge on any atom is -0.354 e. The second-order valence-corrected chi connectivity index (χ2v) is 47.2. The smallest absolute Gasteiger partial charge is 0.0737 e. The topological polar surface area (TPSA) is 57.4 Å². The molecule has 0 unspecified atom stereocenters. The van der Waals surface area contributed by atoms with Crippen molar-refractivity contribution in [1.82, 2.24) is 19.9 Å². The molecular formula is C140H230N4. The summed E-state index contributed by atoms with van der Waals surface area (Å²) < 4.78 is 0. The second kappa shape index (κ2) is 80.4. The Labute approximate surface area is 891 Å². The summed E-state index contributed by atoms with van der Waals surface area (Å²) in [5.41, 5.74) is 27.5. The van der Waals surface area contributed by atoms with Gasteiger partial charge in [-0.3, -0.25) is 0 Å². The Hall–Kier alpha value is -5.48. The Kier molecular flexibility index (Phi) is 68.2. The predicted octanol–water partition coefficient (Wildman–Crippen LogP) is 48.1. The van der Waals surface area contributed by atoms with Crippen LogP contribution in [0.5, 0.6) is 0 Å². The lowest BCUT2D eigenvalue weighted by atomic mass is 9.90. The Morgan fingerprint density at radius 1 is 0.125 bits per heavy atom. The molecule has 0 saturated carbocycles. The lowest BCUT2D eigenvalue weighted by molar-refractivity contribution is 0.547. The molecule has 810 valence electrons. The maximum Gasteiger partial charge on any atom is 0.0737 e. The van der Waals surface area contributed by atoms with Crippen molar-refractivity contribution in [2.45, 2.75) is 672 Å². The van der Waals surface area contributed by atoms with Crippen molar-refractivity contribution in [3.05, 3.63) is 117 Å². The molecule has 4 nitrogen and oxygen atoms in total. The molecule has 3 aromatic heterocycles. The third-order valence-corrected chi connectivity index (χ3v) is 34.2. The zero-order valence-corrected chi connectivity index (χ0v) is 96.7. The molecule has 0 fully saturated rings. The Bertz CT molecular complexity index is 3990. The SMILES string of the molecule is CCCCCCCCCCCCCc1cc2c(cc1CCCCCCCCCCCCC)-c1cc3[nH]c(cc4nc(cc5[nH]c(cc-2n1)c1cc(CCCCCCCCCCCCC)c(CCCCCCCCCCCCC)cc51)-c1cc(CCCCCCCCCCCCC)c(CCCCCCCCCCCCC)cc1-4)c1cc(CCCCCCCCCCCCC)c(CCCCCCCCCCCCC)cc31. The van der Waals surface area contributed by atoms with E-state index < -0.39 is 0 Å². The number of unbranched alkanes of at least 4 members (excludes halogenated alkanes) is 80. The lowest BCUT2D eigenvalue weighted by Gasteiger charge is -2.14. The fraction of sp³-hybridized carbons (Fsp3) is 0.743. The Morgan fingerprint density at radius 3 is 0.347 bits per heavy atom. The van der Waals surface area contributed by atoms with Crippen LogP contribution in [0, 0.1) is 0 Å². The van der Waals surface area contributed by atoms with Gasteiger partial charge in [0.2, 0.25) is 0 Å². The van der Waals surface area contributed by atoms with Gasteiger partial charge in [0.15, 0.2) is 0 Å². The van der Waals surface area contributed by atoms with Crippen LogP contribution >= 0.6 is 0 Å². The van der Waals surface area contributed by atoms with E-state index in [1.54, 1.807) is 44.5 Å². The molecule has 144 heavy (non-hydrogen) atoms. The van der Waals surface area contributed by atoms with E-state index in [1.165, 1.54) is 631 Å². The van der Waals surface area contributed by atoms with Crippen molar-refractivity contribution in [3.8, 4) is 45.0 Å². The number of hydrogen-bond acceptors (Lipinski definition) is 2. The molecular weight excluding hydrogens is 1740 g/mol. The molecule has 2 aliphatic rings. The standard InChI is InChI=1S/C140H230N4/c1-9-17-25-33-41-49-57-65-73-81-89-97-117-105-125-126(106-118(117)98-90-82-74-66-58-50-42-34-26-18-10-2)134-114-136-129-109-121(101-93-85-77-69-61-53-45-37-29-21-13-5)122(102-94-86-78-70-62-54-46-38-30-22-14-6)110-130(129)138(143-136)116-140-132-112-124(104-96-88-80-72-64-56-48-40-32-24-16-8)123(103-95-87-79-71-63-55-47-39-31-23-15-7)111-131(132)139(144-140)115-137-128-108-120(100-92-84-76-68-60-52-44-36-28-20-12-4)119(107-127(128)135(142-137)113-133(125)141-134)99-91-83-75-67-59-51-43-35-27-19-11-3/h105-116,141,144H,9-104H2,1-8H3. The summed E-state index contributed by atoms with van der Waals surface area (Å²) in [7, 11) is 0. The summed E-state index contributed by atoms with van der Waals surface area (Å²) in [6, 6.07) is 32.2. The van der Waals surface area contributed by atoms with Crippen LogP contribution in [0.2, 0.25) is 0 Å². The number of fused-ring (bicyclic) bond motifs is 20. The highest BCUT2D eigenvalue weighted by Crippen LogP contribution is 2.45. The third-order valence-electron chi connectivity index (χ3n) is 34.2. The van der Waals surface area contributed by atoms with E-state index in [2.05, 4.69) is 138 Å². The summed E-state index contributed by atoms with van der Waals surface area (Å²) in [6.07, 6.45) is 130. The van der Waals surface area contributed by atoms with Gasteiger partial charge in [0.1, 0.15) is 0 Å². The highest BCUT2D eigenvalue weighted by atomic mass is 14.8. The van der Waals surface area contributed by atoms with Crippen LogP contribution in [0.25, 0.3) is 88.6 Å². The average molecular weight is 1970 g/mol. The molecule has 9 rings (SSSR count). The van der Waals surface area contributed by atoms with E-state index in [0.717, 1.165) is 74.1 Å². The number of H-pyrrole nitrogens is 2. The van der Waals surface area contributed by atoms with Crippen molar-refractivity contribution in [2.24, 2.45) is 0 Å².